The second-order valence-corrected chi connectivity index (χ2v) is 6.91. The molecule has 3 atom stereocenters. The van der Waals surface area contributed by atoms with Crippen molar-refractivity contribution in [1.29, 1.82) is 0 Å². The standard InChI is InChI=1S/C18H20N2O8/c1-10-4-14(21)12(13(10)7-20(24)25)6-18(23)26-8-17(22)19-11-2-3-15-16(5-11)28-9-27-15/h2-3,5,10,12-13H,4,6-9H2,1H3,(H,19,22)/t10-,12-,13-/m1/s1. The molecule has 0 radical (unpaired) electrons. The average Bonchev–Trinajstić information content (AvgIpc) is 3.19. The van der Waals surface area contributed by atoms with Gasteiger partial charge in [0.1, 0.15) is 5.78 Å². The zero-order valence-electron chi connectivity index (χ0n) is 15.2. The Labute approximate surface area is 160 Å². The highest BCUT2D eigenvalue weighted by molar-refractivity contribution is 5.93. The van der Waals surface area contributed by atoms with Crippen LogP contribution in [0.15, 0.2) is 18.2 Å². The summed E-state index contributed by atoms with van der Waals surface area (Å²) in [5, 5.41) is 13.4. The molecule has 1 aromatic carbocycles. The van der Waals surface area contributed by atoms with Crippen molar-refractivity contribution in [3.05, 3.63) is 28.3 Å². The number of amides is 1. The fourth-order valence-corrected chi connectivity index (χ4v) is 3.56. The topological polar surface area (TPSA) is 134 Å². The Kier molecular flexibility index (Phi) is 5.76. The second kappa shape index (κ2) is 8.24. The number of ketones is 1. The first kappa shape index (κ1) is 19.6. The third-order valence-corrected chi connectivity index (χ3v) is 4.95. The summed E-state index contributed by atoms with van der Waals surface area (Å²) >= 11 is 0. The van der Waals surface area contributed by atoms with Gasteiger partial charge in [-0.05, 0) is 18.1 Å². The van der Waals surface area contributed by atoms with Crippen molar-refractivity contribution in [3.8, 4) is 11.5 Å². The minimum absolute atomic E-state index is 0.111. The van der Waals surface area contributed by atoms with E-state index in [1.54, 1.807) is 25.1 Å². The first-order valence-electron chi connectivity index (χ1n) is 8.83. The number of carbonyl (C=O) groups is 3. The lowest BCUT2D eigenvalue weighted by atomic mass is 9.88. The van der Waals surface area contributed by atoms with E-state index < -0.39 is 35.2 Å². The van der Waals surface area contributed by atoms with E-state index in [-0.39, 0.29) is 37.9 Å². The molecule has 3 rings (SSSR count). The number of anilines is 1. The molecule has 1 amide bonds. The number of hydrogen-bond acceptors (Lipinski definition) is 8. The van der Waals surface area contributed by atoms with E-state index in [1.807, 2.05) is 0 Å². The smallest absolute Gasteiger partial charge is 0.307 e. The summed E-state index contributed by atoms with van der Waals surface area (Å²) in [7, 11) is 0. The van der Waals surface area contributed by atoms with Crippen LogP contribution in [0.25, 0.3) is 0 Å². The minimum atomic E-state index is -0.746. The summed E-state index contributed by atoms with van der Waals surface area (Å²) in [4.78, 5) is 46.4. The Hall–Kier alpha value is -3.17. The molecule has 0 saturated heterocycles. The first-order valence-corrected chi connectivity index (χ1v) is 8.83. The quantitative estimate of drug-likeness (QED) is 0.418. The molecular formula is C18H20N2O8. The summed E-state index contributed by atoms with van der Waals surface area (Å²) in [6.07, 6.45) is -0.0555. The largest absolute Gasteiger partial charge is 0.456 e. The van der Waals surface area contributed by atoms with Gasteiger partial charge in [0.05, 0.1) is 6.42 Å². The number of carbonyl (C=O) groups excluding carboxylic acids is 3. The van der Waals surface area contributed by atoms with E-state index in [2.05, 4.69) is 5.32 Å². The molecule has 1 aliphatic heterocycles. The summed E-state index contributed by atoms with van der Waals surface area (Å²) in [6.45, 7) is 0.982. The van der Waals surface area contributed by atoms with E-state index in [4.69, 9.17) is 14.2 Å². The summed E-state index contributed by atoms with van der Waals surface area (Å²) < 4.78 is 15.3. The number of fused-ring (bicyclic) bond motifs is 1. The third-order valence-electron chi connectivity index (χ3n) is 4.95. The molecule has 150 valence electrons. The highest BCUT2D eigenvalue weighted by atomic mass is 16.7. The van der Waals surface area contributed by atoms with Gasteiger partial charge >= 0.3 is 5.97 Å². The molecule has 0 aromatic heterocycles. The maximum Gasteiger partial charge on any atom is 0.307 e. The van der Waals surface area contributed by atoms with Gasteiger partial charge < -0.3 is 19.5 Å². The predicted octanol–water partition coefficient (Wildman–Crippen LogP) is 1.41. The maximum absolute atomic E-state index is 12.1. The van der Waals surface area contributed by atoms with Crippen LogP contribution >= 0.6 is 0 Å². The number of benzene rings is 1. The van der Waals surface area contributed by atoms with Crippen molar-refractivity contribution < 1.29 is 33.5 Å². The SMILES string of the molecule is C[C@@H]1CC(=O)[C@H](CC(=O)OCC(=O)Nc2ccc3c(c2)OCO3)[C@@H]1C[N+](=O)[O-]. The molecule has 1 heterocycles. The van der Waals surface area contributed by atoms with Crippen LogP contribution in [0.1, 0.15) is 19.8 Å². The van der Waals surface area contributed by atoms with Gasteiger partial charge in [-0.1, -0.05) is 6.92 Å². The van der Waals surface area contributed by atoms with Gasteiger partial charge in [-0.25, -0.2) is 0 Å². The van der Waals surface area contributed by atoms with Gasteiger partial charge in [0.2, 0.25) is 13.3 Å². The van der Waals surface area contributed by atoms with Crippen LogP contribution < -0.4 is 14.8 Å². The number of esters is 1. The molecule has 0 spiro atoms. The normalized spacial score (nSPS) is 22.8. The number of Topliss-reactive ketones (excluding diaryl/α,β-unsaturated/α-hetero) is 1. The first-order chi connectivity index (χ1) is 13.3. The van der Waals surface area contributed by atoms with Crippen molar-refractivity contribution in [2.75, 3.05) is 25.3 Å². The van der Waals surface area contributed by atoms with E-state index >= 15 is 0 Å². The van der Waals surface area contributed by atoms with Crippen LogP contribution in [0.4, 0.5) is 5.69 Å². The summed E-state index contributed by atoms with van der Waals surface area (Å²) in [6, 6.07) is 4.85. The molecule has 1 aliphatic carbocycles. The van der Waals surface area contributed by atoms with E-state index in [0.717, 1.165) is 0 Å². The Balaban J connectivity index is 1.48. The molecular weight excluding hydrogens is 372 g/mol. The summed E-state index contributed by atoms with van der Waals surface area (Å²) in [5.41, 5.74) is 0.455. The highest BCUT2D eigenvalue weighted by Crippen LogP contribution is 2.36. The third kappa shape index (κ3) is 4.56. The lowest BCUT2D eigenvalue weighted by molar-refractivity contribution is -0.490. The monoisotopic (exact) mass is 392 g/mol. The second-order valence-electron chi connectivity index (χ2n) is 6.91. The Bertz CT molecular complexity index is 809. The fraction of sp³-hybridized carbons (Fsp3) is 0.500. The molecule has 10 heteroatoms. The van der Waals surface area contributed by atoms with E-state index in [0.29, 0.717) is 17.2 Å². The van der Waals surface area contributed by atoms with Crippen LogP contribution in [-0.4, -0.2) is 42.5 Å². The summed E-state index contributed by atoms with van der Waals surface area (Å²) in [5.74, 6) is -1.81. The number of nitro groups is 1. The number of hydrogen-bond donors (Lipinski definition) is 1. The molecule has 10 nitrogen and oxygen atoms in total. The van der Waals surface area contributed by atoms with Crippen molar-refractivity contribution in [2.45, 2.75) is 19.8 Å². The van der Waals surface area contributed by atoms with Gasteiger partial charge in [0.25, 0.3) is 5.91 Å². The molecule has 0 bridgehead atoms. The zero-order chi connectivity index (χ0) is 20.3. The molecule has 28 heavy (non-hydrogen) atoms. The zero-order valence-corrected chi connectivity index (χ0v) is 15.2. The molecule has 1 N–H and O–H groups in total. The van der Waals surface area contributed by atoms with Crippen LogP contribution in [-0.2, 0) is 19.1 Å². The van der Waals surface area contributed by atoms with Crippen molar-refractivity contribution in [2.24, 2.45) is 17.8 Å². The number of nitrogens with one attached hydrogen (secondary N) is 1. The van der Waals surface area contributed by atoms with E-state index in [9.17, 15) is 24.5 Å². The maximum atomic E-state index is 12.1. The molecule has 1 saturated carbocycles. The van der Waals surface area contributed by atoms with Crippen molar-refractivity contribution in [3.63, 3.8) is 0 Å². The fourth-order valence-electron chi connectivity index (χ4n) is 3.56. The Morgan fingerprint density at radius 3 is 2.82 bits per heavy atom. The molecule has 1 fully saturated rings. The average molecular weight is 392 g/mol. The predicted molar refractivity (Wildman–Crippen MR) is 94.4 cm³/mol. The van der Waals surface area contributed by atoms with Crippen molar-refractivity contribution >= 4 is 23.3 Å². The lowest BCUT2D eigenvalue weighted by Gasteiger charge is -2.17. The number of ether oxygens (including phenoxy) is 3. The van der Waals surface area contributed by atoms with Gasteiger partial charge in [-0.15, -0.1) is 0 Å². The Morgan fingerprint density at radius 2 is 2.07 bits per heavy atom. The van der Waals surface area contributed by atoms with Crippen LogP contribution in [0.2, 0.25) is 0 Å². The lowest BCUT2D eigenvalue weighted by Crippen LogP contribution is -2.28. The molecule has 2 aliphatic rings. The number of nitrogens with zero attached hydrogens (tertiary/aromatic N) is 1. The Morgan fingerprint density at radius 1 is 1.32 bits per heavy atom. The van der Waals surface area contributed by atoms with E-state index in [1.165, 1.54) is 0 Å². The van der Waals surface area contributed by atoms with Crippen molar-refractivity contribution in [1.82, 2.24) is 0 Å². The molecule has 1 aromatic rings. The van der Waals surface area contributed by atoms with Crippen LogP contribution in [0.5, 0.6) is 11.5 Å². The molecule has 0 unspecified atom stereocenters. The number of rotatable bonds is 7. The van der Waals surface area contributed by atoms with Gasteiger partial charge in [0, 0.05) is 34.9 Å². The van der Waals surface area contributed by atoms with Gasteiger partial charge in [-0.3, -0.25) is 24.5 Å². The highest BCUT2D eigenvalue weighted by Gasteiger charge is 2.44. The van der Waals surface area contributed by atoms with Crippen LogP contribution in [0.3, 0.4) is 0 Å². The van der Waals surface area contributed by atoms with Gasteiger partial charge in [-0.2, -0.15) is 0 Å². The van der Waals surface area contributed by atoms with Gasteiger partial charge in [0.15, 0.2) is 18.1 Å². The minimum Gasteiger partial charge on any atom is -0.456 e. The van der Waals surface area contributed by atoms with Crippen LogP contribution in [0, 0.1) is 27.9 Å².